The van der Waals surface area contributed by atoms with Gasteiger partial charge in [-0.25, -0.2) is 9.59 Å². The normalized spacial score (nSPS) is 21.0. The molecule has 2 amide bonds. The Kier molecular flexibility index (Phi) is 13.1. The van der Waals surface area contributed by atoms with Crippen molar-refractivity contribution in [2.24, 2.45) is 0 Å². The molecule has 5 atom stereocenters. The summed E-state index contributed by atoms with van der Waals surface area (Å²) in [5, 5.41) is 15.3. The van der Waals surface area contributed by atoms with E-state index in [2.05, 4.69) is 27.7 Å². The molecule has 0 radical (unpaired) electrons. The van der Waals surface area contributed by atoms with Gasteiger partial charge in [-0.15, -0.1) is 0 Å². The molecule has 2 aliphatic rings. The second kappa shape index (κ2) is 18.3. The highest BCUT2D eigenvalue weighted by atomic mass is 16.7. The number of aliphatic hydroxyl groups excluding tert-OH is 1. The topological polar surface area (TPSA) is 119 Å². The monoisotopic (exact) mass is 707 g/mol. The smallest absolute Gasteiger partial charge is 0.328 e. The molecule has 2 heterocycles. The lowest BCUT2D eigenvalue weighted by molar-refractivity contribution is -0.253. The van der Waals surface area contributed by atoms with Crippen LogP contribution < -0.4 is 10.6 Å². The first-order chi connectivity index (χ1) is 25.4. The number of rotatable bonds is 14. The number of nitrogens with one attached hydrogen (secondary N) is 2. The van der Waals surface area contributed by atoms with Gasteiger partial charge in [0.05, 0.1) is 32.5 Å². The van der Waals surface area contributed by atoms with Crippen LogP contribution in [0.4, 0.5) is 4.79 Å². The molecule has 2 aliphatic heterocycles. The summed E-state index contributed by atoms with van der Waals surface area (Å²) in [7, 11) is 3.07. The van der Waals surface area contributed by atoms with Crippen LogP contribution in [0.15, 0.2) is 103 Å². The van der Waals surface area contributed by atoms with E-state index in [-0.39, 0.29) is 25.4 Å². The number of amides is 2. The Morgan fingerprint density at radius 2 is 1.62 bits per heavy atom. The van der Waals surface area contributed by atoms with Crippen LogP contribution in [0.2, 0.25) is 0 Å². The minimum absolute atomic E-state index is 0.000629. The zero-order chi connectivity index (χ0) is 36.3. The highest BCUT2D eigenvalue weighted by Crippen LogP contribution is 2.39. The van der Waals surface area contributed by atoms with Crippen LogP contribution in [0.1, 0.15) is 59.5 Å². The van der Waals surface area contributed by atoms with Gasteiger partial charge in [0.25, 0.3) is 0 Å². The molecule has 52 heavy (non-hydrogen) atoms. The molecule has 2 fully saturated rings. The average molecular weight is 708 g/mol. The van der Waals surface area contributed by atoms with Crippen molar-refractivity contribution in [3.8, 4) is 11.1 Å². The van der Waals surface area contributed by atoms with Gasteiger partial charge in [0.15, 0.2) is 6.29 Å². The third-order valence-electron chi connectivity index (χ3n) is 9.94. The fourth-order valence-electron chi connectivity index (χ4n) is 7.16. The molecular formula is C42H49N3O7. The molecule has 0 aliphatic carbocycles. The summed E-state index contributed by atoms with van der Waals surface area (Å²) in [4.78, 5) is 27.9. The second-order valence-electron chi connectivity index (χ2n) is 13.5. The molecule has 0 aromatic heterocycles. The Hall–Kier alpha value is -4.58. The summed E-state index contributed by atoms with van der Waals surface area (Å²) in [5.74, 6) is -0.506. The zero-order valence-corrected chi connectivity index (χ0v) is 29.9. The molecule has 2 saturated heterocycles. The van der Waals surface area contributed by atoms with Gasteiger partial charge in [-0.05, 0) is 52.8 Å². The lowest BCUT2D eigenvalue weighted by Gasteiger charge is -2.38. The molecule has 0 unspecified atom stereocenters. The summed E-state index contributed by atoms with van der Waals surface area (Å²) in [6.45, 7) is 2.80. The van der Waals surface area contributed by atoms with Crippen molar-refractivity contribution in [1.82, 2.24) is 15.5 Å². The molecule has 10 nitrogen and oxygen atoms in total. The zero-order valence-electron chi connectivity index (χ0n) is 29.9. The van der Waals surface area contributed by atoms with Gasteiger partial charge in [-0.2, -0.15) is 0 Å². The molecule has 6 rings (SSSR count). The van der Waals surface area contributed by atoms with E-state index >= 15 is 0 Å². The number of carbonyl (C=O) groups excluding carboxylic acids is 2. The summed E-state index contributed by atoms with van der Waals surface area (Å²) >= 11 is 0. The predicted molar refractivity (Wildman–Crippen MR) is 198 cm³/mol. The number of urea groups is 1. The maximum atomic E-state index is 13.0. The van der Waals surface area contributed by atoms with Crippen molar-refractivity contribution in [2.45, 2.75) is 69.4 Å². The maximum absolute atomic E-state index is 13.0. The number of esters is 1. The number of hydrogen-bond acceptors (Lipinski definition) is 8. The van der Waals surface area contributed by atoms with Gasteiger partial charge in [-0.3, -0.25) is 4.90 Å². The number of likely N-dealkylation sites (tertiary alicyclic amines) is 1. The van der Waals surface area contributed by atoms with E-state index in [4.69, 9.17) is 18.9 Å². The molecule has 274 valence electrons. The van der Waals surface area contributed by atoms with Gasteiger partial charge in [-0.1, -0.05) is 103 Å². The average Bonchev–Trinajstić information content (AvgIpc) is 3.63. The quantitative estimate of drug-likeness (QED) is 0.135. The number of nitrogens with zero attached hydrogens (tertiary/aromatic N) is 1. The Labute approximate surface area is 306 Å². The number of methoxy groups -OCH3 is 2. The molecule has 0 spiro atoms. The fourth-order valence-corrected chi connectivity index (χ4v) is 7.16. The molecular weight excluding hydrogens is 658 g/mol. The molecule has 3 N–H and O–H groups in total. The van der Waals surface area contributed by atoms with E-state index in [9.17, 15) is 14.7 Å². The van der Waals surface area contributed by atoms with Crippen molar-refractivity contribution in [1.29, 1.82) is 0 Å². The van der Waals surface area contributed by atoms with Crippen LogP contribution >= 0.6 is 0 Å². The standard InChI is InChI=1S/C42H49N3O7/c1-49-28-35-12-8-22-45(35)26-36-24-39(32-16-14-30(27-46)15-17-32)52-41(51-36)33-20-18-31(19-21-33)37-13-7-6-11-34(37)25-43-42(48)44-38(40(47)50-2)23-29-9-4-3-5-10-29/h3-7,9-11,13-21,35-36,38-39,41,46H,8,12,22-28H2,1-2H3,(H2,43,44,48)/t35-,36-,38-,39+,41+/m0/s1. The minimum atomic E-state index is -0.819. The van der Waals surface area contributed by atoms with Gasteiger partial charge in [0.2, 0.25) is 0 Å². The second-order valence-corrected chi connectivity index (χ2v) is 13.5. The van der Waals surface area contributed by atoms with Gasteiger partial charge >= 0.3 is 12.0 Å². The van der Waals surface area contributed by atoms with Gasteiger partial charge in [0.1, 0.15) is 6.04 Å². The highest BCUT2D eigenvalue weighted by molar-refractivity contribution is 5.84. The number of hydrogen-bond donors (Lipinski definition) is 3. The molecule has 0 saturated carbocycles. The first-order valence-corrected chi connectivity index (χ1v) is 18.0. The Morgan fingerprint density at radius 3 is 2.35 bits per heavy atom. The van der Waals surface area contributed by atoms with E-state index in [0.29, 0.717) is 19.1 Å². The highest BCUT2D eigenvalue weighted by Gasteiger charge is 2.35. The maximum Gasteiger partial charge on any atom is 0.328 e. The van der Waals surface area contributed by atoms with Crippen molar-refractivity contribution >= 4 is 12.0 Å². The lowest BCUT2D eigenvalue weighted by Crippen LogP contribution is -2.47. The van der Waals surface area contributed by atoms with E-state index in [0.717, 1.165) is 71.3 Å². The van der Waals surface area contributed by atoms with Crippen LogP contribution in [0, 0.1) is 0 Å². The SMILES string of the molecule is COC[C@@H]1CCCN1C[C@@H]1C[C@H](c2ccc(CO)cc2)O[C@H](c2ccc(-c3ccccc3CNC(=O)N[C@@H](Cc3ccccc3)C(=O)OC)cc2)O1. The van der Waals surface area contributed by atoms with Gasteiger partial charge in [0, 0.05) is 44.6 Å². The summed E-state index contributed by atoms with van der Waals surface area (Å²) in [6, 6.07) is 32.7. The van der Waals surface area contributed by atoms with E-state index in [1.165, 1.54) is 7.11 Å². The fraction of sp³-hybridized carbons (Fsp3) is 0.381. The minimum Gasteiger partial charge on any atom is -0.467 e. The number of ether oxygens (including phenoxy) is 4. The Bertz CT molecular complexity index is 1730. The van der Waals surface area contributed by atoms with E-state index in [1.54, 1.807) is 7.11 Å². The number of benzene rings is 4. The Morgan fingerprint density at radius 1 is 0.885 bits per heavy atom. The van der Waals surface area contributed by atoms with Crippen molar-refractivity contribution in [3.63, 3.8) is 0 Å². The van der Waals surface area contributed by atoms with Crippen molar-refractivity contribution in [3.05, 3.63) is 131 Å². The molecule has 4 aromatic carbocycles. The largest absolute Gasteiger partial charge is 0.467 e. The van der Waals surface area contributed by atoms with Crippen LogP contribution in [0.5, 0.6) is 0 Å². The molecule has 0 bridgehead atoms. The third kappa shape index (κ3) is 9.64. The van der Waals surface area contributed by atoms with Crippen LogP contribution in [-0.4, -0.2) is 74.1 Å². The van der Waals surface area contributed by atoms with Gasteiger partial charge < -0.3 is 34.7 Å². The molecule has 10 heteroatoms. The predicted octanol–water partition coefficient (Wildman–Crippen LogP) is 6.09. The number of carbonyl (C=O) groups is 2. The Balaban J connectivity index is 1.14. The van der Waals surface area contributed by atoms with Crippen LogP contribution in [-0.2, 0) is 43.3 Å². The first kappa shape index (κ1) is 37.2. The molecule has 4 aromatic rings. The van der Waals surface area contributed by atoms with E-state index in [1.807, 2.05) is 91.0 Å². The third-order valence-corrected chi connectivity index (χ3v) is 9.94. The summed E-state index contributed by atoms with van der Waals surface area (Å²) in [5.41, 5.74) is 6.65. The van der Waals surface area contributed by atoms with Crippen molar-refractivity contribution < 1.29 is 33.6 Å². The summed E-state index contributed by atoms with van der Waals surface area (Å²) < 4.78 is 23.7. The van der Waals surface area contributed by atoms with Crippen LogP contribution in [0.25, 0.3) is 11.1 Å². The number of aliphatic hydroxyl groups is 1. The van der Waals surface area contributed by atoms with Crippen molar-refractivity contribution in [2.75, 3.05) is 33.9 Å². The lowest BCUT2D eigenvalue weighted by atomic mass is 9.97. The summed E-state index contributed by atoms with van der Waals surface area (Å²) in [6.07, 6.45) is 2.56. The van der Waals surface area contributed by atoms with E-state index < -0.39 is 24.3 Å². The van der Waals surface area contributed by atoms with Crippen LogP contribution in [0.3, 0.4) is 0 Å². The first-order valence-electron chi connectivity index (χ1n) is 18.0.